The molecule has 1 unspecified atom stereocenters. The predicted molar refractivity (Wildman–Crippen MR) is 68.5 cm³/mol. The molecule has 1 aromatic rings. The van der Waals surface area contributed by atoms with Gasteiger partial charge in [0.2, 0.25) is 0 Å². The fraction of sp³-hybridized carbons (Fsp3) is 0.750. The number of hydrogen-bond acceptors (Lipinski definition) is 4. The summed E-state index contributed by atoms with van der Waals surface area (Å²) >= 11 is 0. The van der Waals surface area contributed by atoms with Crippen LogP contribution < -0.4 is 11.3 Å². The maximum absolute atomic E-state index is 5.56. The Kier molecular flexibility index (Phi) is 6.18. The predicted octanol–water partition coefficient (Wildman–Crippen LogP) is 0.920. The van der Waals surface area contributed by atoms with Gasteiger partial charge in [0.05, 0.1) is 5.69 Å². The van der Waals surface area contributed by atoms with Gasteiger partial charge in [0, 0.05) is 38.4 Å². The van der Waals surface area contributed by atoms with Crippen LogP contribution in [0.4, 0.5) is 0 Å². The SMILES string of the molecule is CCCOCCC(Cc1cc(C)nn1C)NN. The molecule has 0 aliphatic heterocycles. The van der Waals surface area contributed by atoms with Gasteiger partial charge in [-0.3, -0.25) is 16.0 Å². The minimum Gasteiger partial charge on any atom is -0.381 e. The van der Waals surface area contributed by atoms with E-state index in [-0.39, 0.29) is 6.04 Å². The molecule has 1 aromatic heterocycles. The Balaban J connectivity index is 2.38. The lowest BCUT2D eigenvalue weighted by atomic mass is 10.1. The summed E-state index contributed by atoms with van der Waals surface area (Å²) in [6.45, 7) is 5.68. The fourth-order valence-electron chi connectivity index (χ4n) is 1.82. The molecule has 1 atom stereocenters. The Hall–Kier alpha value is -0.910. The van der Waals surface area contributed by atoms with E-state index >= 15 is 0 Å². The van der Waals surface area contributed by atoms with Gasteiger partial charge in [-0.1, -0.05) is 6.92 Å². The summed E-state index contributed by atoms with van der Waals surface area (Å²) in [6, 6.07) is 2.33. The van der Waals surface area contributed by atoms with Gasteiger partial charge in [-0.05, 0) is 25.8 Å². The number of hydrazine groups is 1. The molecule has 1 heterocycles. The minimum absolute atomic E-state index is 0.238. The van der Waals surface area contributed by atoms with Crippen molar-refractivity contribution in [3.63, 3.8) is 0 Å². The van der Waals surface area contributed by atoms with Crippen LogP contribution >= 0.6 is 0 Å². The van der Waals surface area contributed by atoms with Crippen molar-refractivity contribution in [3.8, 4) is 0 Å². The van der Waals surface area contributed by atoms with Crippen molar-refractivity contribution in [2.45, 2.75) is 39.2 Å². The molecule has 5 nitrogen and oxygen atoms in total. The molecule has 0 amide bonds. The summed E-state index contributed by atoms with van der Waals surface area (Å²) in [5.41, 5.74) is 5.08. The molecule has 5 heteroatoms. The summed E-state index contributed by atoms with van der Waals surface area (Å²) in [6.07, 6.45) is 2.85. The maximum Gasteiger partial charge on any atom is 0.0596 e. The van der Waals surface area contributed by atoms with E-state index in [2.05, 4.69) is 23.5 Å². The standard InChI is InChI=1S/C12H24N4O/c1-4-6-17-7-5-11(14-13)9-12-8-10(2)15-16(12)3/h8,11,14H,4-7,9,13H2,1-3H3. The van der Waals surface area contributed by atoms with Crippen LogP contribution in [-0.2, 0) is 18.2 Å². The zero-order valence-electron chi connectivity index (χ0n) is 11.1. The van der Waals surface area contributed by atoms with Gasteiger partial charge in [-0.15, -0.1) is 0 Å². The first-order chi connectivity index (χ1) is 8.17. The lowest BCUT2D eigenvalue weighted by Gasteiger charge is -2.15. The summed E-state index contributed by atoms with van der Waals surface area (Å²) < 4.78 is 7.38. The molecule has 0 saturated carbocycles. The lowest BCUT2D eigenvalue weighted by Crippen LogP contribution is -2.38. The van der Waals surface area contributed by atoms with Crippen molar-refractivity contribution in [3.05, 3.63) is 17.5 Å². The van der Waals surface area contributed by atoms with Crippen LogP contribution in [-0.4, -0.2) is 29.0 Å². The first-order valence-corrected chi connectivity index (χ1v) is 6.20. The quantitative estimate of drug-likeness (QED) is 0.403. The van der Waals surface area contributed by atoms with Gasteiger partial charge < -0.3 is 4.74 Å². The number of rotatable bonds is 8. The van der Waals surface area contributed by atoms with E-state index in [1.54, 1.807) is 0 Å². The molecule has 0 spiro atoms. The van der Waals surface area contributed by atoms with E-state index in [1.165, 1.54) is 5.69 Å². The molecule has 3 N–H and O–H groups in total. The van der Waals surface area contributed by atoms with Crippen LogP contribution in [0.5, 0.6) is 0 Å². The van der Waals surface area contributed by atoms with Crippen molar-refractivity contribution >= 4 is 0 Å². The number of hydrogen-bond donors (Lipinski definition) is 2. The molecule has 0 radical (unpaired) electrons. The van der Waals surface area contributed by atoms with Crippen molar-refractivity contribution in [1.29, 1.82) is 0 Å². The van der Waals surface area contributed by atoms with E-state index in [9.17, 15) is 0 Å². The average molecular weight is 240 g/mol. The molecule has 0 aliphatic rings. The van der Waals surface area contributed by atoms with E-state index in [0.29, 0.717) is 0 Å². The summed E-state index contributed by atoms with van der Waals surface area (Å²) in [5, 5.41) is 4.32. The summed E-state index contributed by atoms with van der Waals surface area (Å²) in [5.74, 6) is 5.56. The van der Waals surface area contributed by atoms with Gasteiger partial charge >= 0.3 is 0 Å². The molecule has 17 heavy (non-hydrogen) atoms. The Morgan fingerprint density at radius 2 is 2.29 bits per heavy atom. The second kappa shape index (κ2) is 7.42. The highest BCUT2D eigenvalue weighted by molar-refractivity contribution is 5.09. The molecular weight excluding hydrogens is 216 g/mol. The molecule has 0 saturated heterocycles. The molecular formula is C12H24N4O. The van der Waals surface area contributed by atoms with Gasteiger partial charge in [0.25, 0.3) is 0 Å². The van der Waals surface area contributed by atoms with Crippen molar-refractivity contribution in [1.82, 2.24) is 15.2 Å². The second-order valence-corrected chi connectivity index (χ2v) is 4.37. The Bertz CT molecular complexity index is 324. The summed E-state index contributed by atoms with van der Waals surface area (Å²) in [7, 11) is 1.96. The first-order valence-electron chi connectivity index (χ1n) is 6.20. The number of ether oxygens (including phenoxy) is 1. The topological polar surface area (TPSA) is 65.1 Å². The van der Waals surface area contributed by atoms with Crippen LogP contribution in [0.3, 0.4) is 0 Å². The number of aryl methyl sites for hydroxylation is 2. The van der Waals surface area contributed by atoms with Crippen molar-refractivity contribution < 1.29 is 4.74 Å². The normalized spacial score (nSPS) is 12.9. The van der Waals surface area contributed by atoms with Gasteiger partial charge in [-0.25, -0.2) is 0 Å². The van der Waals surface area contributed by atoms with E-state index in [0.717, 1.165) is 38.2 Å². The van der Waals surface area contributed by atoms with Crippen molar-refractivity contribution in [2.24, 2.45) is 12.9 Å². The molecule has 0 bridgehead atoms. The Morgan fingerprint density at radius 3 is 2.82 bits per heavy atom. The van der Waals surface area contributed by atoms with E-state index in [1.807, 2.05) is 18.7 Å². The van der Waals surface area contributed by atoms with Crippen LogP contribution in [0.15, 0.2) is 6.07 Å². The monoisotopic (exact) mass is 240 g/mol. The third-order valence-corrected chi connectivity index (χ3v) is 2.75. The van der Waals surface area contributed by atoms with Crippen LogP contribution in [0.1, 0.15) is 31.2 Å². The highest BCUT2D eigenvalue weighted by atomic mass is 16.5. The molecule has 0 aromatic carbocycles. The van der Waals surface area contributed by atoms with E-state index < -0.39 is 0 Å². The maximum atomic E-state index is 5.56. The highest BCUT2D eigenvalue weighted by Crippen LogP contribution is 2.07. The van der Waals surface area contributed by atoms with Gasteiger partial charge in [0.15, 0.2) is 0 Å². The average Bonchev–Trinajstić information content (AvgIpc) is 2.61. The van der Waals surface area contributed by atoms with Crippen LogP contribution in [0.25, 0.3) is 0 Å². The summed E-state index contributed by atoms with van der Waals surface area (Å²) in [4.78, 5) is 0. The zero-order chi connectivity index (χ0) is 12.7. The molecule has 98 valence electrons. The fourth-order valence-corrected chi connectivity index (χ4v) is 1.82. The second-order valence-electron chi connectivity index (χ2n) is 4.37. The number of nitrogens with one attached hydrogen (secondary N) is 1. The smallest absolute Gasteiger partial charge is 0.0596 e. The number of aromatic nitrogens is 2. The van der Waals surface area contributed by atoms with Gasteiger partial charge in [0.1, 0.15) is 0 Å². The number of nitrogens with zero attached hydrogens (tertiary/aromatic N) is 2. The Labute approximate surface area is 103 Å². The van der Waals surface area contributed by atoms with Crippen LogP contribution in [0.2, 0.25) is 0 Å². The number of nitrogens with two attached hydrogens (primary N) is 1. The third-order valence-electron chi connectivity index (χ3n) is 2.75. The van der Waals surface area contributed by atoms with E-state index in [4.69, 9.17) is 10.6 Å². The van der Waals surface area contributed by atoms with Gasteiger partial charge in [-0.2, -0.15) is 5.10 Å². The van der Waals surface area contributed by atoms with Crippen molar-refractivity contribution in [2.75, 3.05) is 13.2 Å². The molecule has 1 rings (SSSR count). The third kappa shape index (κ3) is 4.85. The lowest BCUT2D eigenvalue weighted by molar-refractivity contribution is 0.124. The van der Waals surface area contributed by atoms with Crippen LogP contribution in [0, 0.1) is 6.92 Å². The first kappa shape index (κ1) is 14.2. The molecule has 0 fully saturated rings. The minimum atomic E-state index is 0.238. The zero-order valence-corrected chi connectivity index (χ0v) is 11.1. The molecule has 0 aliphatic carbocycles. The largest absolute Gasteiger partial charge is 0.381 e. The Morgan fingerprint density at radius 1 is 1.53 bits per heavy atom. The highest BCUT2D eigenvalue weighted by Gasteiger charge is 2.11.